The fraction of sp³-hybridized carbons (Fsp3) is 0.280. The number of hydrogen-bond donors (Lipinski definition) is 2. The summed E-state index contributed by atoms with van der Waals surface area (Å²) in [5.74, 6) is 0.828. The van der Waals surface area contributed by atoms with Crippen molar-refractivity contribution in [3.63, 3.8) is 0 Å². The molecule has 1 aliphatic rings. The van der Waals surface area contributed by atoms with Gasteiger partial charge in [0.25, 0.3) is 0 Å². The first-order valence-electron chi connectivity index (χ1n) is 11.1. The Morgan fingerprint density at radius 3 is 2.72 bits per heavy atom. The van der Waals surface area contributed by atoms with E-state index in [1.165, 1.54) is 12.8 Å². The summed E-state index contributed by atoms with van der Waals surface area (Å²) in [7, 11) is 0. The van der Waals surface area contributed by atoms with Crippen LogP contribution in [0.4, 0.5) is 0 Å². The molecule has 1 fully saturated rings. The minimum atomic E-state index is 0.104. The zero-order valence-electron chi connectivity index (χ0n) is 17.9. The lowest BCUT2D eigenvalue weighted by Gasteiger charge is -2.11. The standard InChI is InChI=1S/C25H26N6O/c32-24(29-21-8-4-5-9-21)11-13-31-17-20(15-28-31)19-10-12-26-22(14-19)25-27-16-23(30-25)18-6-2-1-3-7-18/h1-3,6-7,10,12,14-17,21H,4-5,8-9,11,13H2,(H,27,30)(H,29,32). The maximum atomic E-state index is 12.2. The summed E-state index contributed by atoms with van der Waals surface area (Å²) in [6.45, 7) is 0.565. The highest BCUT2D eigenvalue weighted by Gasteiger charge is 2.17. The van der Waals surface area contributed by atoms with Crippen molar-refractivity contribution in [1.82, 2.24) is 30.0 Å². The van der Waals surface area contributed by atoms with E-state index in [0.717, 1.165) is 46.7 Å². The number of carbonyl (C=O) groups is 1. The Balaban J connectivity index is 1.25. The molecule has 1 amide bonds. The molecule has 32 heavy (non-hydrogen) atoms. The number of hydrogen-bond acceptors (Lipinski definition) is 4. The van der Waals surface area contributed by atoms with E-state index >= 15 is 0 Å². The van der Waals surface area contributed by atoms with Crippen molar-refractivity contribution in [2.75, 3.05) is 0 Å². The van der Waals surface area contributed by atoms with Gasteiger partial charge >= 0.3 is 0 Å². The number of benzene rings is 1. The zero-order valence-corrected chi connectivity index (χ0v) is 17.9. The van der Waals surface area contributed by atoms with E-state index in [1.54, 1.807) is 6.20 Å². The Bertz CT molecular complexity index is 1190. The van der Waals surface area contributed by atoms with Gasteiger partial charge in [-0.3, -0.25) is 14.5 Å². The summed E-state index contributed by atoms with van der Waals surface area (Å²) in [6.07, 6.45) is 12.5. The Morgan fingerprint density at radius 1 is 1.03 bits per heavy atom. The molecule has 0 atom stereocenters. The van der Waals surface area contributed by atoms with E-state index in [9.17, 15) is 4.79 Å². The van der Waals surface area contributed by atoms with Crippen molar-refractivity contribution in [3.05, 3.63) is 67.3 Å². The summed E-state index contributed by atoms with van der Waals surface area (Å²) in [5.41, 5.74) is 4.81. The van der Waals surface area contributed by atoms with E-state index in [4.69, 9.17) is 0 Å². The average molecular weight is 427 g/mol. The third-order valence-electron chi connectivity index (χ3n) is 5.92. The van der Waals surface area contributed by atoms with Crippen LogP contribution in [0.25, 0.3) is 33.9 Å². The fourth-order valence-electron chi connectivity index (χ4n) is 4.18. The molecule has 2 N–H and O–H groups in total. The second-order valence-electron chi connectivity index (χ2n) is 8.23. The molecule has 0 aliphatic heterocycles. The third kappa shape index (κ3) is 4.61. The van der Waals surface area contributed by atoms with Crippen LogP contribution in [0.2, 0.25) is 0 Å². The number of carbonyl (C=O) groups excluding carboxylic acids is 1. The minimum Gasteiger partial charge on any atom is -0.353 e. The number of amides is 1. The second kappa shape index (κ2) is 9.18. The average Bonchev–Trinajstić information content (AvgIpc) is 3.60. The van der Waals surface area contributed by atoms with Gasteiger partial charge in [-0.25, -0.2) is 4.98 Å². The van der Waals surface area contributed by atoms with E-state index < -0.39 is 0 Å². The molecular weight excluding hydrogens is 400 g/mol. The molecular formula is C25H26N6O. The predicted octanol–water partition coefficient (Wildman–Crippen LogP) is 4.45. The van der Waals surface area contributed by atoms with Crippen molar-refractivity contribution in [2.24, 2.45) is 0 Å². The number of aromatic amines is 1. The van der Waals surface area contributed by atoms with Gasteiger partial charge in [-0.05, 0) is 36.1 Å². The van der Waals surface area contributed by atoms with Crippen LogP contribution in [-0.2, 0) is 11.3 Å². The highest BCUT2D eigenvalue weighted by Crippen LogP contribution is 2.25. The van der Waals surface area contributed by atoms with Gasteiger partial charge in [0.05, 0.1) is 18.1 Å². The Kier molecular flexibility index (Phi) is 5.79. The number of nitrogens with zero attached hydrogens (tertiary/aromatic N) is 4. The minimum absolute atomic E-state index is 0.104. The summed E-state index contributed by atoms with van der Waals surface area (Å²) in [6, 6.07) is 14.4. The van der Waals surface area contributed by atoms with Crippen LogP contribution in [0.5, 0.6) is 0 Å². The van der Waals surface area contributed by atoms with Crippen LogP contribution in [-0.4, -0.2) is 36.7 Å². The first-order chi connectivity index (χ1) is 15.7. The van der Waals surface area contributed by atoms with Crippen LogP contribution in [0.15, 0.2) is 67.3 Å². The van der Waals surface area contributed by atoms with Gasteiger partial charge in [-0.2, -0.15) is 5.10 Å². The van der Waals surface area contributed by atoms with Crippen molar-refractivity contribution >= 4 is 5.91 Å². The van der Waals surface area contributed by atoms with Gasteiger partial charge in [0.15, 0.2) is 5.82 Å². The molecule has 3 heterocycles. The number of H-pyrrole nitrogens is 1. The molecule has 0 bridgehead atoms. The lowest BCUT2D eigenvalue weighted by Crippen LogP contribution is -2.33. The van der Waals surface area contributed by atoms with E-state index in [0.29, 0.717) is 19.0 Å². The Morgan fingerprint density at radius 2 is 1.88 bits per heavy atom. The maximum Gasteiger partial charge on any atom is 0.222 e. The lowest BCUT2D eigenvalue weighted by molar-refractivity contribution is -0.122. The molecule has 1 aromatic carbocycles. The number of aryl methyl sites for hydroxylation is 1. The quantitative estimate of drug-likeness (QED) is 0.457. The van der Waals surface area contributed by atoms with E-state index in [-0.39, 0.29) is 5.91 Å². The Hall–Kier alpha value is -3.74. The van der Waals surface area contributed by atoms with Crippen LogP contribution < -0.4 is 5.32 Å². The summed E-state index contributed by atoms with van der Waals surface area (Å²) in [4.78, 5) is 24.5. The number of pyridine rings is 1. The molecule has 0 saturated heterocycles. The van der Waals surface area contributed by atoms with E-state index in [1.807, 2.05) is 65.7 Å². The summed E-state index contributed by atoms with van der Waals surface area (Å²) >= 11 is 0. The van der Waals surface area contributed by atoms with Crippen LogP contribution in [0.1, 0.15) is 32.1 Å². The summed E-state index contributed by atoms with van der Waals surface area (Å²) in [5, 5.41) is 7.56. The van der Waals surface area contributed by atoms with Crippen LogP contribution in [0.3, 0.4) is 0 Å². The molecule has 5 rings (SSSR count). The van der Waals surface area contributed by atoms with Crippen molar-refractivity contribution in [2.45, 2.75) is 44.7 Å². The van der Waals surface area contributed by atoms with Crippen molar-refractivity contribution < 1.29 is 4.79 Å². The maximum absolute atomic E-state index is 12.2. The van der Waals surface area contributed by atoms with Gasteiger partial charge in [0.2, 0.25) is 5.91 Å². The van der Waals surface area contributed by atoms with Gasteiger partial charge in [-0.15, -0.1) is 0 Å². The molecule has 4 aromatic rings. The third-order valence-corrected chi connectivity index (χ3v) is 5.92. The van der Waals surface area contributed by atoms with Gasteiger partial charge < -0.3 is 10.3 Å². The number of nitrogens with one attached hydrogen (secondary N) is 2. The Labute approximate surface area is 186 Å². The molecule has 0 radical (unpaired) electrons. The first kappa shape index (κ1) is 20.2. The zero-order chi connectivity index (χ0) is 21.8. The first-order valence-corrected chi connectivity index (χ1v) is 11.1. The van der Waals surface area contributed by atoms with Crippen LogP contribution >= 0.6 is 0 Å². The highest BCUT2D eigenvalue weighted by atomic mass is 16.1. The van der Waals surface area contributed by atoms with Gasteiger partial charge in [0, 0.05) is 37.0 Å². The van der Waals surface area contributed by atoms with E-state index in [2.05, 4.69) is 25.4 Å². The molecule has 3 aromatic heterocycles. The predicted molar refractivity (Wildman–Crippen MR) is 123 cm³/mol. The number of aromatic nitrogens is 5. The van der Waals surface area contributed by atoms with Gasteiger partial charge in [-0.1, -0.05) is 43.2 Å². The van der Waals surface area contributed by atoms with Gasteiger partial charge in [0.1, 0.15) is 5.69 Å². The fourth-order valence-corrected chi connectivity index (χ4v) is 4.18. The topological polar surface area (TPSA) is 88.5 Å². The number of imidazole rings is 1. The second-order valence-corrected chi connectivity index (χ2v) is 8.23. The normalized spacial score (nSPS) is 14.0. The smallest absolute Gasteiger partial charge is 0.222 e. The van der Waals surface area contributed by atoms with Crippen molar-refractivity contribution in [1.29, 1.82) is 0 Å². The van der Waals surface area contributed by atoms with Crippen LogP contribution in [0, 0.1) is 0 Å². The molecule has 7 nitrogen and oxygen atoms in total. The summed E-state index contributed by atoms with van der Waals surface area (Å²) < 4.78 is 1.82. The molecule has 1 saturated carbocycles. The largest absolute Gasteiger partial charge is 0.353 e. The monoisotopic (exact) mass is 426 g/mol. The highest BCUT2D eigenvalue weighted by molar-refractivity contribution is 5.76. The molecule has 0 unspecified atom stereocenters. The van der Waals surface area contributed by atoms with Crippen molar-refractivity contribution in [3.8, 4) is 33.9 Å². The molecule has 7 heteroatoms. The number of rotatable bonds is 7. The lowest BCUT2D eigenvalue weighted by atomic mass is 10.1. The molecule has 0 spiro atoms. The molecule has 1 aliphatic carbocycles. The molecule has 162 valence electrons. The SMILES string of the molecule is O=C(CCn1cc(-c2ccnc(-c3ncc(-c4ccccc4)[nH]3)c2)cn1)NC1CCCC1.